The molecule has 0 fully saturated rings. The van der Waals surface area contributed by atoms with Crippen LogP contribution in [-0.2, 0) is 12.8 Å². The first-order valence-corrected chi connectivity index (χ1v) is 8.35. The van der Waals surface area contributed by atoms with Crippen LogP contribution in [0.3, 0.4) is 0 Å². The van der Waals surface area contributed by atoms with Crippen LogP contribution in [0, 0.1) is 0 Å². The number of hydrogen-bond donors (Lipinski definition) is 1. The zero-order chi connectivity index (χ0) is 15.1. The molecule has 0 radical (unpaired) electrons. The van der Waals surface area contributed by atoms with Crippen molar-refractivity contribution in [2.75, 3.05) is 6.61 Å². The Morgan fingerprint density at radius 3 is 2.95 bits per heavy atom. The lowest BCUT2D eigenvalue weighted by Gasteiger charge is -2.07. The van der Waals surface area contributed by atoms with E-state index in [1.807, 2.05) is 12.1 Å². The van der Waals surface area contributed by atoms with Crippen molar-refractivity contribution < 1.29 is 4.74 Å². The second-order valence-electron chi connectivity index (χ2n) is 5.42. The van der Waals surface area contributed by atoms with E-state index in [0.29, 0.717) is 6.61 Å². The highest BCUT2D eigenvalue weighted by Crippen LogP contribution is 2.46. The standard InChI is InChI=1S/C17H16N2O2S/c1-2-12-11-4-3-9-21-14-13(11)16(17(20)19-12)22-15(14)10-5-7-18-8-6-10/h5-8H,2-4,9H2,1H3,(H,19,20). The molecule has 3 aromatic heterocycles. The van der Waals surface area contributed by atoms with Gasteiger partial charge in [-0.15, -0.1) is 11.3 Å². The van der Waals surface area contributed by atoms with Crippen LogP contribution in [0.4, 0.5) is 0 Å². The largest absolute Gasteiger partial charge is 0.491 e. The summed E-state index contributed by atoms with van der Waals surface area (Å²) in [6, 6.07) is 3.92. The van der Waals surface area contributed by atoms with E-state index >= 15 is 0 Å². The number of rotatable bonds is 2. The molecule has 4 nitrogen and oxygen atoms in total. The number of H-pyrrole nitrogens is 1. The smallest absolute Gasteiger partial charge is 0.266 e. The van der Waals surface area contributed by atoms with Gasteiger partial charge < -0.3 is 9.72 Å². The van der Waals surface area contributed by atoms with Gasteiger partial charge in [-0.1, -0.05) is 6.92 Å². The molecule has 1 N–H and O–H groups in total. The molecule has 0 spiro atoms. The molecular weight excluding hydrogens is 296 g/mol. The number of pyridine rings is 2. The lowest BCUT2D eigenvalue weighted by molar-refractivity contribution is 0.321. The van der Waals surface area contributed by atoms with Gasteiger partial charge in [0.2, 0.25) is 0 Å². The SMILES string of the molecule is CCc1[nH]c(=O)c2sc(-c3ccncc3)c3c2c1CCCO3. The molecule has 0 amide bonds. The van der Waals surface area contributed by atoms with Crippen molar-refractivity contribution >= 4 is 21.4 Å². The lowest BCUT2D eigenvalue weighted by Crippen LogP contribution is -2.10. The van der Waals surface area contributed by atoms with E-state index in [2.05, 4.69) is 16.9 Å². The number of aromatic nitrogens is 2. The van der Waals surface area contributed by atoms with Gasteiger partial charge in [-0.05, 0) is 42.5 Å². The maximum atomic E-state index is 12.4. The van der Waals surface area contributed by atoms with E-state index in [4.69, 9.17) is 4.74 Å². The van der Waals surface area contributed by atoms with Crippen LogP contribution in [0.5, 0.6) is 5.75 Å². The molecule has 4 heterocycles. The van der Waals surface area contributed by atoms with Crippen molar-refractivity contribution in [1.29, 1.82) is 0 Å². The first kappa shape index (κ1) is 13.5. The quantitative estimate of drug-likeness (QED) is 0.787. The summed E-state index contributed by atoms with van der Waals surface area (Å²) in [5.74, 6) is 0.875. The van der Waals surface area contributed by atoms with E-state index in [-0.39, 0.29) is 5.56 Å². The van der Waals surface area contributed by atoms with E-state index in [9.17, 15) is 4.79 Å². The highest BCUT2D eigenvalue weighted by Gasteiger charge is 2.24. The van der Waals surface area contributed by atoms with Crippen LogP contribution >= 0.6 is 11.3 Å². The number of nitrogens with zero attached hydrogens (tertiary/aromatic N) is 1. The fourth-order valence-corrected chi connectivity index (χ4v) is 4.28. The maximum absolute atomic E-state index is 12.4. The monoisotopic (exact) mass is 312 g/mol. The Bertz CT molecular complexity index is 896. The van der Waals surface area contributed by atoms with Crippen LogP contribution in [-0.4, -0.2) is 16.6 Å². The summed E-state index contributed by atoms with van der Waals surface area (Å²) < 4.78 is 6.81. The minimum atomic E-state index is -0.00680. The number of aromatic amines is 1. The van der Waals surface area contributed by atoms with Crippen LogP contribution in [0.25, 0.3) is 20.5 Å². The van der Waals surface area contributed by atoms with Crippen LogP contribution in [0.2, 0.25) is 0 Å². The number of aryl methyl sites for hydroxylation is 2. The zero-order valence-corrected chi connectivity index (χ0v) is 13.1. The van der Waals surface area contributed by atoms with Crippen molar-refractivity contribution in [2.24, 2.45) is 0 Å². The third-order valence-corrected chi connectivity index (χ3v) is 5.33. The van der Waals surface area contributed by atoms with Gasteiger partial charge in [0.1, 0.15) is 10.4 Å². The van der Waals surface area contributed by atoms with Crippen molar-refractivity contribution in [3.63, 3.8) is 0 Å². The molecule has 4 rings (SSSR count). The van der Waals surface area contributed by atoms with E-state index in [0.717, 1.165) is 51.2 Å². The normalized spacial score (nSPS) is 13.9. The molecule has 0 saturated carbocycles. The van der Waals surface area contributed by atoms with Crippen molar-refractivity contribution in [3.8, 4) is 16.2 Å². The van der Waals surface area contributed by atoms with Gasteiger partial charge in [-0.25, -0.2) is 0 Å². The Morgan fingerprint density at radius 2 is 2.18 bits per heavy atom. The molecule has 1 aliphatic rings. The van der Waals surface area contributed by atoms with E-state index < -0.39 is 0 Å². The molecule has 5 heteroatoms. The lowest BCUT2D eigenvalue weighted by atomic mass is 10.0. The molecule has 1 aliphatic heterocycles. The number of thiophene rings is 1. The van der Waals surface area contributed by atoms with Gasteiger partial charge in [0.15, 0.2) is 0 Å². The highest BCUT2D eigenvalue weighted by molar-refractivity contribution is 7.22. The zero-order valence-electron chi connectivity index (χ0n) is 12.3. The van der Waals surface area contributed by atoms with Gasteiger partial charge in [-0.2, -0.15) is 0 Å². The summed E-state index contributed by atoms with van der Waals surface area (Å²) in [6.45, 7) is 2.77. The molecule has 3 aromatic rings. The summed E-state index contributed by atoms with van der Waals surface area (Å²) in [4.78, 5) is 20.6. The van der Waals surface area contributed by atoms with Crippen LogP contribution in [0.1, 0.15) is 24.6 Å². The molecular formula is C17H16N2O2S. The average molecular weight is 312 g/mol. The topological polar surface area (TPSA) is 55.0 Å². The van der Waals surface area contributed by atoms with Gasteiger partial charge in [0, 0.05) is 23.5 Å². The number of nitrogens with one attached hydrogen (secondary N) is 1. The summed E-state index contributed by atoms with van der Waals surface area (Å²) in [6.07, 6.45) is 6.30. The highest BCUT2D eigenvalue weighted by atomic mass is 32.1. The number of ether oxygens (including phenoxy) is 1. The predicted molar refractivity (Wildman–Crippen MR) is 88.9 cm³/mol. The Morgan fingerprint density at radius 1 is 1.36 bits per heavy atom. The minimum Gasteiger partial charge on any atom is -0.491 e. The molecule has 0 atom stereocenters. The fraction of sp³-hybridized carbons (Fsp3) is 0.294. The molecule has 0 aliphatic carbocycles. The van der Waals surface area contributed by atoms with Crippen molar-refractivity contribution in [3.05, 3.63) is 46.1 Å². The van der Waals surface area contributed by atoms with Crippen molar-refractivity contribution in [1.82, 2.24) is 9.97 Å². The van der Waals surface area contributed by atoms with Gasteiger partial charge in [0.25, 0.3) is 5.56 Å². The Kier molecular flexibility index (Phi) is 3.22. The van der Waals surface area contributed by atoms with Crippen LogP contribution in [0.15, 0.2) is 29.3 Å². The van der Waals surface area contributed by atoms with E-state index in [1.54, 1.807) is 12.4 Å². The summed E-state index contributed by atoms with van der Waals surface area (Å²) >= 11 is 1.51. The minimum absolute atomic E-state index is 0.00680. The summed E-state index contributed by atoms with van der Waals surface area (Å²) in [5, 5.41) is 1.02. The summed E-state index contributed by atoms with van der Waals surface area (Å²) in [7, 11) is 0. The molecule has 0 unspecified atom stereocenters. The summed E-state index contributed by atoms with van der Waals surface area (Å²) in [5.41, 5.74) is 3.34. The number of hydrogen-bond acceptors (Lipinski definition) is 4. The Hall–Kier alpha value is -2.14. The maximum Gasteiger partial charge on any atom is 0.266 e. The third kappa shape index (κ3) is 1.96. The molecule has 0 aromatic carbocycles. The second kappa shape index (κ2) is 5.25. The van der Waals surface area contributed by atoms with Gasteiger partial charge in [0.05, 0.1) is 11.5 Å². The molecule has 0 saturated heterocycles. The Balaban J connectivity index is 2.11. The third-order valence-electron chi connectivity index (χ3n) is 4.11. The first-order valence-electron chi connectivity index (χ1n) is 7.53. The second-order valence-corrected chi connectivity index (χ2v) is 6.44. The molecule has 22 heavy (non-hydrogen) atoms. The fourth-order valence-electron chi connectivity index (χ4n) is 3.10. The van der Waals surface area contributed by atoms with Gasteiger partial charge >= 0.3 is 0 Å². The Labute approximate surface area is 131 Å². The van der Waals surface area contributed by atoms with Crippen LogP contribution < -0.4 is 10.3 Å². The van der Waals surface area contributed by atoms with E-state index in [1.165, 1.54) is 16.9 Å². The van der Waals surface area contributed by atoms with Gasteiger partial charge in [-0.3, -0.25) is 9.78 Å². The first-order chi connectivity index (χ1) is 10.8. The molecule has 112 valence electrons. The predicted octanol–water partition coefficient (Wildman–Crippen LogP) is 3.54. The van der Waals surface area contributed by atoms with Crippen molar-refractivity contribution in [2.45, 2.75) is 26.2 Å². The molecule has 0 bridgehead atoms. The average Bonchev–Trinajstić information content (AvgIpc) is 2.80.